The van der Waals surface area contributed by atoms with E-state index in [1.165, 1.54) is 0 Å². The lowest BCUT2D eigenvalue weighted by molar-refractivity contribution is 0.607. The van der Waals surface area contributed by atoms with Crippen LogP contribution in [0, 0.1) is 4.91 Å². The van der Waals surface area contributed by atoms with Gasteiger partial charge < -0.3 is 4.57 Å². The Morgan fingerprint density at radius 1 is 1.12 bits per heavy atom. The van der Waals surface area contributed by atoms with Crippen molar-refractivity contribution in [2.24, 2.45) is 5.18 Å². The first-order chi connectivity index (χ1) is 12.3. The Balaban J connectivity index is 2.12. The third-order valence-electron chi connectivity index (χ3n) is 4.21. The van der Waals surface area contributed by atoms with E-state index in [-0.39, 0.29) is 12.6 Å². The predicted molar refractivity (Wildman–Crippen MR) is 106 cm³/mol. The molecule has 1 N–H and O–H groups in total. The average molecular weight is 371 g/mol. The van der Waals surface area contributed by atoms with Crippen LogP contribution in [0.3, 0.4) is 0 Å². The molecule has 0 unspecified atom stereocenters. The zero-order chi connectivity index (χ0) is 18.9. The summed E-state index contributed by atoms with van der Waals surface area (Å²) in [6, 6.07) is 13.5. The number of nitroso groups, excluding NO2 is 1. The maximum atomic E-state index is 11.5. The number of aromatic nitrogens is 1. The third kappa shape index (κ3) is 3.77. The first kappa shape index (κ1) is 18.1. The highest BCUT2D eigenvalue weighted by Gasteiger charge is 2.14. The molecule has 136 valence electrons. The van der Waals surface area contributed by atoms with Crippen molar-refractivity contribution in [1.82, 2.24) is 4.57 Å². The first-order valence-corrected chi connectivity index (χ1v) is 10.2. The Kier molecular flexibility index (Phi) is 4.82. The molecule has 0 aliphatic carbocycles. The van der Waals surface area contributed by atoms with Gasteiger partial charge in [-0.25, -0.2) is 8.42 Å². The van der Waals surface area contributed by atoms with Crippen molar-refractivity contribution in [2.45, 2.75) is 26.4 Å². The highest BCUT2D eigenvalue weighted by atomic mass is 32.2. The van der Waals surface area contributed by atoms with E-state index in [1.54, 1.807) is 6.07 Å². The number of nitrogens with zero attached hydrogens (tertiary/aromatic N) is 2. The summed E-state index contributed by atoms with van der Waals surface area (Å²) < 4.78 is 27.7. The molecule has 0 fully saturated rings. The Labute approximate surface area is 152 Å². The second-order valence-corrected chi connectivity index (χ2v) is 8.38. The molecule has 2 aromatic carbocycles. The minimum absolute atomic E-state index is 0.161. The number of fused-ring (bicyclic) bond motifs is 1. The summed E-state index contributed by atoms with van der Waals surface area (Å²) in [4.78, 5) is 10.4. The summed E-state index contributed by atoms with van der Waals surface area (Å²) in [5.74, 6) is 0. The van der Waals surface area contributed by atoms with Crippen molar-refractivity contribution >= 4 is 26.6 Å². The van der Waals surface area contributed by atoms with Crippen molar-refractivity contribution in [3.63, 3.8) is 0 Å². The molecule has 0 aliphatic heterocycles. The van der Waals surface area contributed by atoms with Gasteiger partial charge in [-0.3, -0.25) is 4.72 Å². The molecule has 0 amide bonds. The summed E-state index contributed by atoms with van der Waals surface area (Å²) in [7, 11) is -3.33. The highest BCUT2D eigenvalue weighted by molar-refractivity contribution is 7.92. The number of anilines is 1. The minimum atomic E-state index is -3.33. The molecule has 26 heavy (non-hydrogen) atoms. The highest BCUT2D eigenvalue weighted by Crippen LogP contribution is 2.34. The summed E-state index contributed by atoms with van der Waals surface area (Å²) in [5, 5.41) is 3.96. The van der Waals surface area contributed by atoms with Crippen molar-refractivity contribution in [3.05, 3.63) is 59.1 Å². The minimum Gasteiger partial charge on any atom is -0.344 e. The predicted octanol–water partition coefficient (Wildman–Crippen LogP) is 4.53. The van der Waals surface area contributed by atoms with Crippen LogP contribution in [0.5, 0.6) is 0 Å². The van der Waals surface area contributed by atoms with Gasteiger partial charge >= 0.3 is 0 Å². The van der Waals surface area contributed by atoms with Crippen molar-refractivity contribution in [1.29, 1.82) is 0 Å². The van der Waals surface area contributed by atoms with Gasteiger partial charge in [0.2, 0.25) is 10.0 Å². The molecule has 0 atom stereocenters. The number of rotatable bonds is 6. The van der Waals surface area contributed by atoms with Gasteiger partial charge in [0, 0.05) is 23.2 Å². The van der Waals surface area contributed by atoms with Crippen LogP contribution in [-0.4, -0.2) is 19.2 Å². The molecule has 1 heterocycles. The molecular weight excluding hydrogens is 350 g/mol. The van der Waals surface area contributed by atoms with Crippen LogP contribution in [0.1, 0.15) is 25.5 Å². The van der Waals surface area contributed by atoms with Crippen LogP contribution in [0.25, 0.3) is 22.0 Å². The zero-order valence-corrected chi connectivity index (χ0v) is 15.7. The summed E-state index contributed by atoms with van der Waals surface area (Å²) >= 11 is 0. The smallest absolute Gasteiger partial charge is 0.229 e. The standard InChI is InChI=1S/C19H21N3O3S/c1-13(2)22-12-18(15-6-4-14(5-7-15)11-20-23)17-9-8-16(10-19(17)22)21-26(3,24)25/h4-10,12-13,21H,11H2,1-3H3. The average Bonchev–Trinajstić information content (AvgIpc) is 2.93. The molecule has 1 aromatic heterocycles. The molecule has 3 rings (SSSR count). The van der Waals surface area contributed by atoms with Gasteiger partial charge in [0.15, 0.2) is 0 Å². The van der Waals surface area contributed by atoms with Gasteiger partial charge in [0.1, 0.15) is 6.54 Å². The molecule has 6 nitrogen and oxygen atoms in total. The van der Waals surface area contributed by atoms with E-state index in [9.17, 15) is 13.3 Å². The fraction of sp³-hybridized carbons (Fsp3) is 0.263. The van der Waals surface area contributed by atoms with Gasteiger partial charge in [-0.1, -0.05) is 35.5 Å². The normalized spacial score (nSPS) is 11.8. The van der Waals surface area contributed by atoms with E-state index in [2.05, 4.69) is 34.5 Å². The van der Waals surface area contributed by atoms with E-state index >= 15 is 0 Å². The fourth-order valence-corrected chi connectivity index (χ4v) is 3.61. The Hall–Kier alpha value is -2.67. The molecule has 0 aliphatic rings. The molecule has 0 bridgehead atoms. The molecule has 0 spiro atoms. The van der Waals surface area contributed by atoms with Gasteiger partial charge in [-0.15, -0.1) is 0 Å². The van der Waals surface area contributed by atoms with Crippen molar-refractivity contribution < 1.29 is 8.42 Å². The molecule has 7 heteroatoms. The van der Waals surface area contributed by atoms with E-state index < -0.39 is 10.0 Å². The third-order valence-corrected chi connectivity index (χ3v) is 4.81. The van der Waals surface area contributed by atoms with E-state index in [0.717, 1.165) is 33.8 Å². The molecule has 0 radical (unpaired) electrons. The number of sulfonamides is 1. The Bertz CT molecular complexity index is 1050. The Morgan fingerprint density at radius 2 is 1.81 bits per heavy atom. The molecule has 0 saturated carbocycles. The van der Waals surface area contributed by atoms with Crippen LogP contribution in [0.4, 0.5) is 5.69 Å². The number of nitrogens with one attached hydrogen (secondary N) is 1. The second kappa shape index (κ2) is 6.92. The largest absolute Gasteiger partial charge is 0.344 e. The zero-order valence-electron chi connectivity index (χ0n) is 14.9. The number of hydrogen-bond acceptors (Lipinski definition) is 4. The SMILES string of the molecule is CC(C)n1cc(-c2ccc(CN=O)cc2)c2ccc(NS(C)(=O)=O)cc21. The lowest BCUT2D eigenvalue weighted by Crippen LogP contribution is -2.09. The quantitative estimate of drug-likeness (QED) is 0.647. The summed E-state index contributed by atoms with van der Waals surface area (Å²) in [6.07, 6.45) is 3.21. The van der Waals surface area contributed by atoms with Crippen LogP contribution in [-0.2, 0) is 16.6 Å². The maximum Gasteiger partial charge on any atom is 0.229 e. The monoisotopic (exact) mass is 371 g/mol. The van der Waals surface area contributed by atoms with Gasteiger partial charge in [0.05, 0.1) is 17.5 Å². The summed E-state index contributed by atoms with van der Waals surface area (Å²) in [5.41, 5.74) is 4.47. The molecule has 3 aromatic rings. The molecular formula is C19H21N3O3S. The fourth-order valence-electron chi connectivity index (χ4n) is 3.05. The van der Waals surface area contributed by atoms with Crippen LogP contribution < -0.4 is 4.72 Å². The van der Waals surface area contributed by atoms with Gasteiger partial charge in [0.25, 0.3) is 0 Å². The number of hydrogen-bond donors (Lipinski definition) is 1. The topological polar surface area (TPSA) is 80.5 Å². The molecule has 0 saturated heterocycles. The maximum absolute atomic E-state index is 11.5. The van der Waals surface area contributed by atoms with Crippen LogP contribution >= 0.6 is 0 Å². The lowest BCUT2D eigenvalue weighted by Gasteiger charge is -2.10. The lowest BCUT2D eigenvalue weighted by atomic mass is 10.0. The van der Waals surface area contributed by atoms with E-state index in [1.807, 2.05) is 36.4 Å². The van der Waals surface area contributed by atoms with Crippen LogP contribution in [0.2, 0.25) is 0 Å². The second-order valence-electron chi connectivity index (χ2n) is 6.63. The van der Waals surface area contributed by atoms with Gasteiger partial charge in [-0.2, -0.15) is 4.91 Å². The Morgan fingerprint density at radius 3 is 2.38 bits per heavy atom. The van der Waals surface area contributed by atoms with Crippen LogP contribution in [0.15, 0.2) is 53.8 Å². The van der Waals surface area contributed by atoms with Crippen molar-refractivity contribution in [3.8, 4) is 11.1 Å². The number of benzene rings is 2. The van der Waals surface area contributed by atoms with E-state index in [0.29, 0.717) is 5.69 Å². The first-order valence-electron chi connectivity index (χ1n) is 8.29. The van der Waals surface area contributed by atoms with Gasteiger partial charge in [-0.05, 0) is 37.1 Å². The van der Waals surface area contributed by atoms with Crippen molar-refractivity contribution in [2.75, 3.05) is 11.0 Å². The van der Waals surface area contributed by atoms with E-state index in [4.69, 9.17) is 0 Å². The summed E-state index contributed by atoms with van der Waals surface area (Å²) in [6.45, 7) is 4.33.